The van der Waals surface area contributed by atoms with Crippen molar-refractivity contribution in [1.82, 2.24) is 10.2 Å². The summed E-state index contributed by atoms with van der Waals surface area (Å²) in [6.07, 6.45) is 0.893. The minimum Gasteiger partial charge on any atom is -0.350 e. The Morgan fingerprint density at radius 2 is 1.76 bits per heavy atom. The van der Waals surface area contributed by atoms with E-state index in [4.69, 9.17) is 11.6 Å². The van der Waals surface area contributed by atoms with Gasteiger partial charge in [-0.25, -0.2) is 12.8 Å². The zero-order valence-corrected chi connectivity index (χ0v) is 20.9. The molecule has 0 heterocycles. The standard InChI is InChI=1S/C23H29ClFN3O4S/c1-16(22(30)26-23(2,3)4)27(14-17-9-8-10-18(24)13-17)21(29)15-28(33(5,31)32)20-12-7-6-11-19(20)25/h6-13,16H,14-15H2,1-5H3,(H,26,30)/t16-/m1/s1. The maximum absolute atomic E-state index is 14.4. The molecule has 2 aromatic carbocycles. The second-order valence-corrected chi connectivity index (χ2v) is 11.1. The van der Waals surface area contributed by atoms with Crippen molar-refractivity contribution in [2.45, 2.75) is 45.8 Å². The Morgan fingerprint density at radius 1 is 1.12 bits per heavy atom. The molecule has 0 spiro atoms. The van der Waals surface area contributed by atoms with E-state index in [2.05, 4.69) is 5.32 Å². The van der Waals surface area contributed by atoms with Gasteiger partial charge in [0.1, 0.15) is 18.4 Å². The number of sulfonamides is 1. The van der Waals surface area contributed by atoms with Crippen LogP contribution in [0.1, 0.15) is 33.3 Å². The van der Waals surface area contributed by atoms with E-state index in [0.717, 1.165) is 12.3 Å². The number of amides is 2. The molecule has 7 nitrogen and oxygen atoms in total. The Hall–Kier alpha value is -2.65. The topological polar surface area (TPSA) is 86.8 Å². The van der Waals surface area contributed by atoms with Gasteiger partial charge in [0.2, 0.25) is 21.8 Å². The summed E-state index contributed by atoms with van der Waals surface area (Å²) in [5.74, 6) is -1.86. The van der Waals surface area contributed by atoms with Crippen molar-refractivity contribution in [2.75, 3.05) is 17.1 Å². The van der Waals surface area contributed by atoms with E-state index in [1.54, 1.807) is 31.2 Å². The zero-order chi connectivity index (χ0) is 25.0. The maximum Gasteiger partial charge on any atom is 0.244 e. The SMILES string of the molecule is C[C@H](C(=O)NC(C)(C)C)N(Cc1cccc(Cl)c1)C(=O)CN(c1ccccc1F)S(C)(=O)=O. The summed E-state index contributed by atoms with van der Waals surface area (Å²) in [5.41, 5.74) is -0.131. The van der Waals surface area contributed by atoms with Crippen molar-refractivity contribution in [3.8, 4) is 0 Å². The molecule has 2 rings (SSSR count). The number of benzene rings is 2. The van der Waals surface area contributed by atoms with E-state index in [1.165, 1.54) is 23.1 Å². The smallest absolute Gasteiger partial charge is 0.244 e. The average molecular weight is 498 g/mol. The summed E-state index contributed by atoms with van der Waals surface area (Å²) in [7, 11) is -4.00. The molecule has 1 atom stereocenters. The van der Waals surface area contributed by atoms with Gasteiger partial charge in [-0.2, -0.15) is 0 Å². The van der Waals surface area contributed by atoms with E-state index in [-0.39, 0.29) is 12.2 Å². The first kappa shape index (κ1) is 26.6. The second-order valence-electron chi connectivity index (χ2n) is 8.79. The molecule has 0 aromatic heterocycles. The van der Waals surface area contributed by atoms with Crippen LogP contribution in [0.2, 0.25) is 5.02 Å². The Morgan fingerprint density at radius 3 is 2.30 bits per heavy atom. The van der Waals surface area contributed by atoms with Crippen molar-refractivity contribution >= 4 is 39.1 Å². The monoisotopic (exact) mass is 497 g/mol. The molecule has 0 unspecified atom stereocenters. The predicted molar refractivity (Wildman–Crippen MR) is 128 cm³/mol. The highest BCUT2D eigenvalue weighted by Crippen LogP contribution is 2.22. The van der Waals surface area contributed by atoms with Crippen molar-refractivity contribution < 1.29 is 22.4 Å². The number of para-hydroxylation sites is 1. The summed E-state index contributed by atoms with van der Waals surface area (Å²) >= 11 is 6.07. The minimum absolute atomic E-state index is 0.00694. The first-order chi connectivity index (χ1) is 15.2. The largest absolute Gasteiger partial charge is 0.350 e. The molecule has 33 heavy (non-hydrogen) atoms. The van der Waals surface area contributed by atoms with Gasteiger partial charge in [0.05, 0.1) is 11.9 Å². The fraction of sp³-hybridized carbons (Fsp3) is 0.391. The molecular formula is C23H29ClFN3O4S. The lowest BCUT2D eigenvalue weighted by Gasteiger charge is -2.33. The molecule has 2 amide bonds. The molecule has 0 bridgehead atoms. The summed E-state index contributed by atoms with van der Waals surface area (Å²) < 4.78 is 39.9. The molecule has 0 aliphatic carbocycles. The second kappa shape index (κ2) is 10.5. The molecule has 180 valence electrons. The van der Waals surface area contributed by atoms with Gasteiger partial charge in [-0.1, -0.05) is 35.9 Å². The highest BCUT2D eigenvalue weighted by molar-refractivity contribution is 7.92. The molecular weight excluding hydrogens is 469 g/mol. The van der Waals surface area contributed by atoms with Gasteiger partial charge in [0.25, 0.3) is 0 Å². The van der Waals surface area contributed by atoms with Crippen molar-refractivity contribution in [2.24, 2.45) is 0 Å². The van der Waals surface area contributed by atoms with E-state index in [0.29, 0.717) is 14.9 Å². The number of nitrogens with zero attached hydrogens (tertiary/aromatic N) is 2. The third-order valence-electron chi connectivity index (χ3n) is 4.71. The van der Waals surface area contributed by atoms with E-state index in [1.807, 2.05) is 20.8 Å². The minimum atomic E-state index is -4.00. The summed E-state index contributed by atoms with van der Waals surface area (Å²) in [4.78, 5) is 27.5. The van der Waals surface area contributed by atoms with E-state index < -0.39 is 45.8 Å². The van der Waals surface area contributed by atoms with Crippen LogP contribution in [0.3, 0.4) is 0 Å². The van der Waals surface area contributed by atoms with Crippen molar-refractivity contribution in [3.05, 3.63) is 64.9 Å². The molecule has 2 aromatic rings. The van der Waals surface area contributed by atoms with Gasteiger partial charge >= 0.3 is 0 Å². The lowest BCUT2D eigenvalue weighted by molar-refractivity contribution is -0.140. The molecule has 0 radical (unpaired) electrons. The van der Waals surface area contributed by atoms with Crippen LogP contribution in [0.25, 0.3) is 0 Å². The van der Waals surface area contributed by atoms with Crippen LogP contribution in [0.15, 0.2) is 48.5 Å². The molecule has 1 N–H and O–H groups in total. The van der Waals surface area contributed by atoms with Crippen LogP contribution >= 0.6 is 11.6 Å². The summed E-state index contributed by atoms with van der Waals surface area (Å²) in [5, 5.41) is 3.28. The molecule has 0 aliphatic heterocycles. The van der Waals surface area contributed by atoms with Crippen LogP contribution in [0.5, 0.6) is 0 Å². The van der Waals surface area contributed by atoms with Gasteiger partial charge < -0.3 is 10.2 Å². The number of anilines is 1. The normalized spacial score (nSPS) is 12.7. The number of carbonyl (C=O) groups excluding carboxylic acids is 2. The number of nitrogens with one attached hydrogen (secondary N) is 1. The molecule has 0 fully saturated rings. The number of rotatable bonds is 8. The average Bonchev–Trinajstić information content (AvgIpc) is 2.68. The molecule has 0 saturated heterocycles. The van der Waals surface area contributed by atoms with Crippen molar-refractivity contribution in [1.29, 1.82) is 0 Å². The van der Waals surface area contributed by atoms with E-state index in [9.17, 15) is 22.4 Å². The first-order valence-electron chi connectivity index (χ1n) is 10.3. The third-order valence-corrected chi connectivity index (χ3v) is 6.07. The predicted octanol–water partition coefficient (Wildman–Crippen LogP) is 3.58. The highest BCUT2D eigenvalue weighted by Gasteiger charge is 2.32. The lowest BCUT2D eigenvalue weighted by atomic mass is 10.1. The first-order valence-corrected chi connectivity index (χ1v) is 12.5. The quantitative estimate of drug-likeness (QED) is 0.604. The maximum atomic E-state index is 14.4. The lowest BCUT2D eigenvalue weighted by Crippen LogP contribution is -2.54. The van der Waals surface area contributed by atoms with Gasteiger partial charge in [-0.3, -0.25) is 13.9 Å². The van der Waals surface area contributed by atoms with Gasteiger partial charge in [0, 0.05) is 17.1 Å². The fourth-order valence-corrected chi connectivity index (χ4v) is 4.20. The Balaban J connectivity index is 2.42. The summed E-state index contributed by atoms with van der Waals surface area (Å²) in [6, 6.07) is 11.1. The molecule has 0 aliphatic rings. The van der Waals surface area contributed by atoms with Crippen LogP contribution < -0.4 is 9.62 Å². The van der Waals surface area contributed by atoms with Crippen LogP contribution in [-0.2, 0) is 26.2 Å². The Kier molecular flexibility index (Phi) is 8.48. The Bertz CT molecular complexity index is 1120. The number of hydrogen-bond donors (Lipinski definition) is 1. The van der Waals surface area contributed by atoms with Crippen molar-refractivity contribution in [3.63, 3.8) is 0 Å². The highest BCUT2D eigenvalue weighted by atomic mass is 35.5. The Labute approximate surface area is 199 Å². The molecule has 10 heteroatoms. The number of hydrogen-bond acceptors (Lipinski definition) is 4. The van der Waals surface area contributed by atoms with Gasteiger partial charge in [-0.15, -0.1) is 0 Å². The van der Waals surface area contributed by atoms with Crippen LogP contribution in [0, 0.1) is 5.82 Å². The van der Waals surface area contributed by atoms with Gasteiger partial charge in [-0.05, 0) is 57.5 Å². The van der Waals surface area contributed by atoms with Crippen LogP contribution in [0.4, 0.5) is 10.1 Å². The number of carbonyl (C=O) groups is 2. The van der Waals surface area contributed by atoms with Crippen LogP contribution in [-0.4, -0.2) is 49.5 Å². The molecule has 0 saturated carbocycles. The van der Waals surface area contributed by atoms with Gasteiger partial charge in [0.15, 0.2) is 0 Å². The fourth-order valence-electron chi connectivity index (χ4n) is 3.14. The summed E-state index contributed by atoms with van der Waals surface area (Å²) in [6.45, 7) is 6.32. The number of halogens is 2. The van der Waals surface area contributed by atoms with E-state index >= 15 is 0 Å². The zero-order valence-electron chi connectivity index (χ0n) is 19.3. The third kappa shape index (κ3) is 7.71.